The van der Waals surface area contributed by atoms with Gasteiger partial charge in [0.15, 0.2) is 13.5 Å². The second-order valence-corrected chi connectivity index (χ2v) is 24.6. The molecule has 2 atom stereocenters. The average molecular weight is 313 g/mol. The maximum absolute atomic E-state index is 12.9. The molecule has 1 heterocycles. The molecule has 106 valence electrons. The molecule has 1 aliphatic rings. The Hall–Kier alpha value is 0.141. The van der Waals surface area contributed by atoms with Gasteiger partial charge in [0.25, 0.3) is 6.43 Å². The summed E-state index contributed by atoms with van der Waals surface area (Å²) >= 11 is 0. The van der Waals surface area contributed by atoms with Crippen molar-refractivity contribution in [3.8, 4) is 0 Å². The SMILES string of the molecule is C=C(C)[SiH2][Si]1([SiH2]CCC(F)C(F)F)CCCCO1. The number of halogens is 3. The van der Waals surface area contributed by atoms with Crippen molar-refractivity contribution in [1.29, 1.82) is 0 Å². The minimum atomic E-state index is -2.82. The first kappa shape index (κ1) is 16.2. The fourth-order valence-electron chi connectivity index (χ4n) is 2.63. The van der Waals surface area contributed by atoms with Gasteiger partial charge in [-0.2, -0.15) is 0 Å². The van der Waals surface area contributed by atoms with E-state index in [1.54, 1.807) is 0 Å². The van der Waals surface area contributed by atoms with E-state index in [4.69, 9.17) is 4.43 Å². The molecule has 1 saturated heterocycles. The zero-order chi connectivity index (χ0) is 13.6. The van der Waals surface area contributed by atoms with Crippen LogP contribution >= 0.6 is 0 Å². The number of hydrogen-bond acceptors (Lipinski definition) is 1. The van der Waals surface area contributed by atoms with Crippen LogP contribution < -0.4 is 0 Å². The van der Waals surface area contributed by atoms with Crippen molar-refractivity contribution in [2.45, 2.75) is 50.9 Å². The predicted molar refractivity (Wildman–Crippen MR) is 78.0 cm³/mol. The monoisotopic (exact) mass is 312 g/mol. The summed E-state index contributed by atoms with van der Waals surface area (Å²) in [6.07, 6.45) is -2.38. The fraction of sp³-hybridized carbons (Fsp3) is 0.818. The lowest BCUT2D eigenvalue weighted by Crippen LogP contribution is -2.54. The van der Waals surface area contributed by atoms with Crippen molar-refractivity contribution < 1.29 is 17.6 Å². The van der Waals surface area contributed by atoms with Crippen molar-refractivity contribution in [2.75, 3.05) is 6.61 Å². The maximum atomic E-state index is 12.9. The van der Waals surface area contributed by atoms with E-state index >= 15 is 0 Å². The third kappa shape index (κ3) is 5.41. The first-order valence-corrected chi connectivity index (χ1v) is 15.1. The van der Waals surface area contributed by atoms with E-state index in [0.717, 1.165) is 13.0 Å². The summed E-state index contributed by atoms with van der Waals surface area (Å²) in [5, 5.41) is 1.27. The fourth-order valence-corrected chi connectivity index (χ4v) is 25.9. The lowest BCUT2D eigenvalue weighted by molar-refractivity contribution is 0.0482. The van der Waals surface area contributed by atoms with Gasteiger partial charge >= 0.3 is 0 Å². The van der Waals surface area contributed by atoms with E-state index in [2.05, 4.69) is 13.5 Å². The Morgan fingerprint density at radius 2 is 2.11 bits per heavy atom. The Bertz CT molecular complexity index is 270. The number of allylic oxidation sites excluding steroid dienone is 1. The van der Waals surface area contributed by atoms with Gasteiger partial charge < -0.3 is 4.43 Å². The van der Waals surface area contributed by atoms with Crippen LogP contribution in [-0.2, 0) is 4.43 Å². The Balaban J connectivity index is 2.43. The molecule has 0 radical (unpaired) electrons. The first-order chi connectivity index (χ1) is 8.45. The summed E-state index contributed by atoms with van der Waals surface area (Å²) < 4.78 is 43.2. The van der Waals surface area contributed by atoms with Crippen LogP contribution in [0.3, 0.4) is 0 Å². The molecule has 0 spiro atoms. The van der Waals surface area contributed by atoms with Gasteiger partial charge in [0, 0.05) is 15.6 Å². The lowest BCUT2D eigenvalue weighted by Gasteiger charge is -2.35. The van der Waals surface area contributed by atoms with E-state index in [1.807, 2.05) is 0 Å². The van der Waals surface area contributed by atoms with E-state index in [9.17, 15) is 13.2 Å². The third-order valence-corrected chi connectivity index (χ3v) is 24.8. The molecule has 1 nitrogen and oxygen atoms in total. The van der Waals surface area contributed by atoms with Gasteiger partial charge in [0.2, 0.25) is 0 Å². The summed E-state index contributed by atoms with van der Waals surface area (Å²) in [6.45, 7) is 6.91. The van der Waals surface area contributed by atoms with Gasteiger partial charge in [-0.1, -0.05) is 17.7 Å². The first-order valence-electron chi connectivity index (χ1n) is 6.66. The van der Waals surface area contributed by atoms with Gasteiger partial charge in [-0.05, 0) is 25.8 Å². The summed E-state index contributed by atoms with van der Waals surface area (Å²) in [4.78, 5) is 0. The molecule has 18 heavy (non-hydrogen) atoms. The molecule has 2 unspecified atom stereocenters. The summed E-state index contributed by atoms with van der Waals surface area (Å²) in [7, 11) is -2.49. The normalized spacial score (nSPS) is 27.6. The van der Waals surface area contributed by atoms with Crippen LogP contribution in [0.2, 0.25) is 12.1 Å². The van der Waals surface area contributed by atoms with Crippen molar-refractivity contribution in [1.82, 2.24) is 0 Å². The van der Waals surface area contributed by atoms with Crippen molar-refractivity contribution in [3.05, 3.63) is 11.8 Å². The molecule has 1 rings (SSSR count). The van der Waals surface area contributed by atoms with Crippen molar-refractivity contribution >= 4 is 25.4 Å². The Kier molecular flexibility index (Phi) is 6.89. The molecule has 0 aromatic rings. The largest absolute Gasteiger partial charge is 0.424 e. The summed E-state index contributed by atoms with van der Waals surface area (Å²) in [5.41, 5.74) is 0. The van der Waals surface area contributed by atoms with Gasteiger partial charge in [-0.3, -0.25) is 0 Å². The molecular formula is C11H23F3OSi3. The van der Waals surface area contributed by atoms with Gasteiger partial charge in [-0.15, -0.1) is 6.58 Å². The van der Waals surface area contributed by atoms with Crippen LogP contribution in [0.4, 0.5) is 13.2 Å². The van der Waals surface area contributed by atoms with E-state index in [1.165, 1.54) is 17.7 Å². The Morgan fingerprint density at radius 1 is 1.39 bits per heavy atom. The molecule has 0 N–H and O–H groups in total. The molecule has 0 saturated carbocycles. The minimum Gasteiger partial charge on any atom is -0.424 e. The van der Waals surface area contributed by atoms with Crippen molar-refractivity contribution in [2.24, 2.45) is 0 Å². The molecule has 1 aliphatic heterocycles. The van der Waals surface area contributed by atoms with E-state index < -0.39 is 38.0 Å². The summed E-state index contributed by atoms with van der Waals surface area (Å²) in [6, 6.07) is 1.86. The molecule has 1 fully saturated rings. The third-order valence-electron chi connectivity index (χ3n) is 3.44. The Morgan fingerprint density at radius 3 is 2.61 bits per heavy atom. The second-order valence-electron chi connectivity index (χ2n) is 5.37. The number of hydrogen-bond donors (Lipinski definition) is 0. The number of alkyl halides is 3. The molecular weight excluding hydrogens is 289 g/mol. The predicted octanol–water partition coefficient (Wildman–Crippen LogP) is 2.02. The number of rotatable bonds is 7. The van der Waals surface area contributed by atoms with E-state index in [0.29, 0.717) is 6.04 Å². The molecule has 0 aromatic carbocycles. The van der Waals surface area contributed by atoms with Gasteiger partial charge in [-0.25, -0.2) is 13.2 Å². The minimum absolute atomic E-state index is 0.0343. The van der Waals surface area contributed by atoms with Gasteiger partial charge in [0.1, 0.15) is 0 Å². The highest BCUT2D eigenvalue weighted by molar-refractivity contribution is 7.49. The summed E-state index contributed by atoms with van der Waals surface area (Å²) in [5.74, 6) is 0. The highest BCUT2D eigenvalue weighted by Crippen LogP contribution is 2.23. The molecule has 0 aliphatic carbocycles. The molecule has 0 bridgehead atoms. The van der Waals surface area contributed by atoms with E-state index in [-0.39, 0.29) is 6.42 Å². The molecule has 0 amide bonds. The standard InChI is InChI=1S/C11H23F3OSi3/c1-9(2)17-18(8-4-3-6-15-18)16-7-5-10(12)11(13)14/h10-11H,1,3-8,16-17H2,2H3. The smallest absolute Gasteiger partial charge is 0.269 e. The zero-order valence-corrected chi connectivity index (χ0v) is 14.9. The topological polar surface area (TPSA) is 9.23 Å². The highest BCUT2D eigenvalue weighted by Gasteiger charge is 2.36. The van der Waals surface area contributed by atoms with Crippen LogP contribution in [-0.4, -0.2) is 44.6 Å². The van der Waals surface area contributed by atoms with Crippen LogP contribution in [0, 0.1) is 0 Å². The van der Waals surface area contributed by atoms with Crippen LogP contribution in [0.5, 0.6) is 0 Å². The maximum Gasteiger partial charge on any atom is 0.269 e. The Labute approximate surface area is 113 Å². The van der Waals surface area contributed by atoms with Crippen LogP contribution in [0.25, 0.3) is 0 Å². The van der Waals surface area contributed by atoms with Crippen molar-refractivity contribution in [3.63, 3.8) is 0 Å². The van der Waals surface area contributed by atoms with Gasteiger partial charge in [0.05, 0.1) is 9.04 Å². The average Bonchev–Trinajstić information content (AvgIpc) is 2.28. The lowest BCUT2D eigenvalue weighted by atomic mass is 10.3. The molecule has 0 aromatic heterocycles. The van der Waals surface area contributed by atoms with Crippen LogP contribution in [0.15, 0.2) is 11.8 Å². The molecule has 7 heteroatoms. The van der Waals surface area contributed by atoms with Crippen LogP contribution in [0.1, 0.15) is 26.2 Å². The quantitative estimate of drug-likeness (QED) is 0.654. The highest BCUT2D eigenvalue weighted by atomic mass is 29.6. The zero-order valence-electron chi connectivity index (χ0n) is 11.1. The second kappa shape index (κ2) is 7.66.